The van der Waals surface area contributed by atoms with Crippen molar-refractivity contribution in [3.63, 3.8) is 0 Å². The van der Waals surface area contributed by atoms with Crippen molar-refractivity contribution >= 4 is 37.6 Å². The van der Waals surface area contributed by atoms with Crippen molar-refractivity contribution in [1.29, 1.82) is 0 Å². The Morgan fingerprint density at radius 1 is 1.38 bits per heavy atom. The highest BCUT2D eigenvalue weighted by Crippen LogP contribution is 2.40. The van der Waals surface area contributed by atoms with Crippen molar-refractivity contribution in [2.45, 2.75) is 6.18 Å². The zero-order valence-corrected chi connectivity index (χ0v) is 10.8. The second kappa shape index (κ2) is 4.75. The summed E-state index contributed by atoms with van der Waals surface area (Å²) in [6.45, 7) is 0. The predicted molar refractivity (Wildman–Crippen MR) is 58.9 cm³/mol. The van der Waals surface area contributed by atoms with E-state index in [0.717, 1.165) is 12.1 Å². The van der Waals surface area contributed by atoms with E-state index in [1.54, 1.807) is 0 Å². The van der Waals surface area contributed by atoms with Gasteiger partial charge in [0.05, 0.1) is 20.9 Å². The molecule has 0 aliphatic heterocycles. The number of aromatic hydroxyl groups is 1. The Morgan fingerprint density at radius 3 is 2.38 bits per heavy atom. The van der Waals surface area contributed by atoms with Crippen molar-refractivity contribution < 1.29 is 23.1 Å². The molecule has 0 bridgehead atoms. The zero-order chi connectivity index (χ0) is 12.5. The monoisotopic (exact) mass is 360 g/mol. The zero-order valence-electron chi connectivity index (χ0n) is 7.61. The molecule has 0 amide bonds. The third-order valence-corrected chi connectivity index (χ3v) is 3.16. The molecule has 16 heavy (non-hydrogen) atoms. The van der Waals surface area contributed by atoms with E-state index in [-0.39, 0.29) is 10.9 Å². The van der Waals surface area contributed by atoms with Crippen molar-refractivity contribution in [2.75, 3.05) is 5.33 Å². The summed E-state index contributed by atoms with van der Waals surface area (Å²) in [4.78, 5) is 11.2. The van der Waals surface area contributed by atoms with Crippen LogP contribution in [0.5, 0.6) is 5.75 Å². The van der Waals surface area contributed by atoms with E-state index >= 15 is 0 Å². The van der Waals surface area contributed by atoms with Gasteiger partial charge in [0, 0.05) is 0 Å². The van der Waals surface area contributed by atoms with E-state index in [1.807, 2.05) is 0 Å². The second-order valence-corrected chi connectivity index (χ2v) is 4.23. The quantitative estimate of drug-likeness (QED) is 0.643. The lowest BCUT2D eigenvalue weighted by Gasteiger charge is -2.12. The maximum absolute atomic E-state index is 12.4. The summed E-state index contributed by atoms with van der Waals surface area (Å²) in [6.07, 6.45) is -4.58. The predicted octanol–water partition coefficient (Wildman–Crippen LogP) is 3.75. The first-order valence-corrected chi connectivity index (χ1v) is 5.88. The normalized spacial score (nSPS) is 11.6. The molecule has 0 radical (unpaired) electrons. The van der Waals surface area contributed by atoms with Crippen molar-refractivity contribution in [1.82, 2.24) is 0 Å². The molecule has 2 nitrogen and oxygen atoms in total. The Balaban J connectivity index is 3.35. The number of benzene rings is 1. The molecule has 0 fully saturated rings. The van der Waals surface area contributed by atoms with E-state index in [2.05, 4.69) is 31.9 Å². The fraction of sp³-hybridized carbons (Fsp3) is 0.222. The van der Waals surface area contributed by atoms with Crippen LogP contribution < -0.4 is 0 Å². The van der Waals surface area contributed by atoms with Gasteiger partial charge in [-0.3, -0.25) is 4.79 Å². The lowest BCUT2D eigenvalue weighted by Crippen LogP contribution is -2.08. The van der Waals surface area contributed by atoms with Crippen LogP contribution in [0.25, 0.3) is 0 Å². The van der Waals surface area contributed by atoms with E-state index in [4.69, 9.17) is 0 Å². The van der Waals surface area contributed by atoms with Crippen LogP contribution in [0.3, 0.4) is 0 Å². The average molecular weight is 362 g/mol. The average Bonchev–Trinajstić information content (AvgIpc) is 2.19. The van der Waals surface area contributed by atoms with Gasteiger partial charge in [0.25, 0.3) is 0 Å². The molecule has 0 saturated heterocycles. The lowest BCUT2D eigenvalue weighted by atomic mass is 10.1. The molecule has 0 saturated carbocycles. The van der Waals surface area contributed by atoms with Gasteiger partial charge in [0.2, 0.25) is 0 Å². The van der Waals surface area contributed by atoms with Gasteiger partial charge in [-0.1, -0.05) is 15.9 Å². The summed E-state index contributed by atoms with van der Waals surface area (Å²) in [5.41, 5.74) is -1.17. The molecule has 0 unspecified atom stereocenters. The summed E-state index contributed by atoms with van der Waals surface area (Å²) in [7, 11) is 0. The van der Waals surface area contributed by atoms with Gasteiger partial charge in [-0.2, -0.15) is 13.2 Å². The number of ketones is 1. The smallest absolute Gasteiger partial charge is 0.417 e. The Bertz CT molecular complexity index is 429. The maximum Gasteiger partial charge on any atom is 0.417 e. The van der Waals surface area contributed by atoms with E-state index in [1.165, 1.54) is 0 Å². The number of Topliss-reactive ketones (excluding diaryl/α,β-unsaturated/α-hetero) is 1. The molecule has 1 aromatic rings. The molecule has 7 heteroatoms. The van der Waals surface area contributed by atoms with Crippen LogP contribution >= 0.6 is 31.9 Å². The van der Waals surface area contributed by atoms with Gasteiger partial charge in [-0.25, -0.2) is 0 Å². The largest absolute Gasteiger partial charge is 0.506 e. The molecular formula is C9H5Br2F3O2. The number of hydrogen-bond donors (Lipinski definition) is 1. The number of phenols is 1. The highest BCUT2D eigenvalue weighted by molar-refractivity contribution is 9.10. The van der Waals surface area contributed by atoms with Crippen LogP contribution in [0.2, 0.25) is 0 Å². The first kappa shape index (κ1) is 13.5. The van der Waals surface area contributed by atoms with Gasteiger partial charge in [-0.15, -0.1) is 0 Å². The third-order valence-electron chi connectivity index (χ3n) is 1.84. The van der Waals surface area contributed by atoms with Crippen molar-refractivity contribution in [3.8, 4) is 5.75 Å². The first-order chi connectivity index (χ1) is 7.29. The summed E-state index contributed by atoms with van der Waals surface area (Å²) in [6, 6.07) is 1.70. The van der Waals surface area contributed by atoms with Crippen LogP contribution in [-0.4, -0.2) is 16.2 Å². The molecule has 0 aliphatic carbocycles. The standard InChI is InChI=1S/C9H5Br2F3O2/c10-3-6(15)4-1-2-5(9(12,13)14)7(11)8(4)16/h1-2,16H,3H2. The third kappa shape index (κ3) is 2.57. The molecule has 1 aromatic carbocycles. The molecule has 0 spiro atoms. The molecule has 88 valence electrons. The molecular weight excluding hydrogens is 357 g/mol. The van der Waals surface area contributed by atoms with E-state index in [0.29, 0.717) is 0 Å². The lowest BCUT2D eigenvalue weighted by molar-refractivity contribution is -0.138. The van der Waals surface area contributed by atoms with Gasteiger partial charge in [0.1, 0.15) is 5.75 Å². The Morgan fingerprint density at radius 2 is 1.94 bits per heavy atom. The SMILES string of the molecule is O=C(CBr)c1ccc(C(F)(F)F)c(Br)c1O. The molecule has 0 aromatic heterocycles. The minimum atomic E-state index is -4.58. The molecule has 1 N–H and O–H groups in total. The minimum absolute atomic E-state index is 0.0711. The first-order valence-electron chi connectivity index (χ1n) is 3.97. The number of halogens is 5. The summed E-state index contributed by atoms with van der Waals surface area (Å²) < 4.78 is 36.7. The highest BCUT2D eigenvalue weighted by Gasteiger charge is 2.35. The van der Waals surface area contributed by atoms with E-state index in [9.17, 15) is 23.1 Å². The van der Waals surface area contributed by atoms with Gasteiger partial charge in [0.15, 0.2) is 5.78 Å². The Labute approximate surface area is 106 Å². The summed E-state index contributed by atoms with van der Waals surface area (Å²) in [5, 5.41) is 9.38. The van der Waals surface area contributed by atoms with Crippen LogP contribution in [0.15, 0.2) is 16.6 Å². The van der Waals surface area contributed by atoms with Crippen molar-refractivity contribution in [2.24, 2.45) is 0 Å². The van der Waals surface area contributed by atoms with Crippen LogP contribution in [0.4, 0.5) is 13.2 Å². The maximum atomic E-state index is 12.4. The Hall–Kier alpha value is -0.560. The molecule has 0 atom stereocenters. The number of hydrogen-bond acceptors (Lipinski definition) is 2. The number of carbonyl (C=O) groups is 1. The van der Waals surface area contributed by atoms with Gasteiger partial charge >= 0.3 is 6.18 Å². The van der Waals surface area contributed by atoms with Crippen molar-refractivity contribution in [3.05, 3.63) is 27.7 Å². The van der Waals surface area contributed by atoms with Gasteiger partial charge < -0.3 is 5.11 Å². The molecule has 0 heterocycles. The van der Waals surface area contributed by atoms with Crippen LogP contribution in [0.1, 0.15) is 15.9 Å². The summed E-state index contributed by atoms with van der Waals surface area (Å²) >= 11 is 5.50. The van der Waals surface area contributed by atoms with Crippen LogP contribution in [-0.2, 0) is 6.18 Å². The molecule has 0 aliphatic rings. The van der Waals surface area contributed by atoms with Crippen LogP contribution in [0, 0.1) is 0 Å². The minimum Gasteiger partial charge on any atom is -0.506 e. The van der Waals surface area contributed by atoms with E-state index < -0.39 is 27.7 Å². The fourth-order valence-corrected chi connectivity index (χ4v) is 1.95. The van der Waals surface area contributed by atoms with Gasteiger partial charge in [-0.05, 0) is 28.1 Å². The number of carbonyl (C=O) groups excluding carboxylic acids is 1. The topological polar surface area (TPSA) is 37.3 Å². The Kier molecular flexibility index (Phi) is 4.01. The number of rotatable bonds is 2. The fourth-order valence-electron chi connectivity index (χ4n) is 1.08. The highest BCUT2D eigenvalue weighted by atomic mass is 79.9. The number of phenolic OH excluding ortho intramolecular Hbond substituents is 1. The molecule has 1 rings (SSSR count). The summed E-state index contributed by atoms with van der Waals surface area (Å²) in [5.74, 6) is -1.19. The second-order valence-electron chi connectivity index (χ2n) is 2.88. The number of alkyl halides is 4.